The summed E-state index contributed by atoms with van der Waals surface area (Å²) in [4.78, 5) is 39.8. The molecule has 242 valence electrons. The number of carbonyl (C=O) groups excluding carboxylic acids is 1. The first-order chi connectivity index (χ1) is 22.1. The number of halogens is 1. The van der Waals surface area contributed by atoms with Gasteiger partial charge in [0.1, 0.15) is 17.5 Å². The fraction of sp³-hybridized carbons (Fsp3) is 0.324. The number of hydrogen-bond acceptors (Lipinski definition) is 5. The van der Waals surface area contributed by atoms with E-state index in [1.165, 1.54) is 4.57 Å². The van der Waals surface area contributed by atoms with Gasteiger partial charge in [-0.1, -0.05) is 73.8 Å². The average Bonchev–Trinajstić information content (AvgIpc) is 3.04. The summed E-state index contributed by atoms with van der Waals surface area (Å²) >= 11 is 6.49. The molecular formula is C37H41ClN2O6. The highest BCUT2D eigenvalue weighted by molar-refractivity contribution is 6.31. The Labute approximate surface area is 275 Å². The van der Waals surface area contributed by atoms with Crippen molar-refractivity contribution in [1.29, 1.82) is 0 Å². The van der Waals surface area contributed by atoms with Crippen LogP contribution in [0.2, 0.25) is 5.02 Å². The molecule has 2 atom stereocenters. The number of aliphatic carboxylic acids is 1. The molecule has 9 heteroatoms. The van der Waals surface area contributed by atoms with Crippen LogP contribution in [0, 0.1) is 13.8 Å². The van der Waals surface area contributed by atoms with Crippen LogP contribution in [-0.4, -0.2) is 35.8 Å². The number of unbranched alkanes of at least 4 members (excludes halogenated alkanes) is 1. The van der Waals surface area contributed by atoms with Crippen molar-refractivity contribution in [2.24, 2.45) is 0 Å². The van der Waals surface area contributed by atoms with E-state index in [0.29, 0.717) is 46.9 Å². The second kappa shape index (κ2) is 15.6. The van der Waals surface area contributed by atoms with Gasteiger partial charge in [0.05, 0.1) is 32.2 Å². The average molecular weight is 645 g/mol. The quantitative estimate of drug-likeness (QED) is 0.148. The molecule has 3 aromatic carbocycles. The standard InChI is InChI=1S/C37H41ClN2O6/c1-6-7-12-31(40-22-23(2)19-27(37(40)44)20-28-24(3)10-8-11-29(28)38)36(43)39-30(21-34(41)42)25-15-17-26(18-16-25)35-32(45-4)13-9-14-33(35)46-5/h8-11,13-19,22,30-31H,6-7,12,20-21H2,1-5H3,(H,39,43)(H,41,42)/t30-,31-/m0/s1. The number of nitrogens with zero attached hydrogens (tertiary/aromatic N) is 1. The number of benzene rings is 3. The van der Waals surface area contributed by atoms with Gasteiger partial charge < -0.3 is 24.5 Å². The Balaban J connectivity index is 1.68. The molecule has 0 spiro atoms. The third-order valence-corrected chi connectivity index (χ3v) is 8.52. The number of carboxylic acid groups (broad SMARTS) is 1. The first kappa shape index (κ1) is 34.3. The van der Waals surface area contributed by atoms with E-state index in [1.807, 2.05) is 69.3 Å². The Morgan fingerprint density at radius 2 is 1.63 bits per heavy atom. The third kappa shape index (κ3) is 7.98. The van der Waals surface area contributed by atoms with E-state index < -0.39 is 24.0 Å². The lowest BCUT2D eigenvalue weighted by Gasteiger charge is -2.25. The minimum atomic E-state index is -1.06. The van der Waals surface area contributed by atoms with Gasteiger partial charge >= 0.3 is 5.97 Å². The molecule has 0 unspecified atom stereocenters. The Morgan fingerprint density at radius 1 is 0.978 bits per heavy atom. The van der Waals surface area contributed by atoms with Gasteiger partial charge in [-0.2, -0.15) is 0 Å². The number of nitrogens with one attached hydrogen (secondary N) is 1. The van der Waals surface area contributed by atoms with Crippen LogP contribution in [-0.2, 0) is 16.0 Å². The summed E-state index contributed by atoms with van der Waals surface area (Å²) in [6, 6.07) is 18.6. The zero-order valence-corrected chi connectivity index (χ0v) is 27.7. The zero-order valence-electron chi connectivity index (χ0n) is 26.9. The van der Waals surface area contributed by atoms with Crippen molar-refractivity contribution in [3.8, 4) is 22.6 Å². The van der Waals surface area contributed by atoms with Gasteiger partial charge in [0, 0.05) is 23.2 Å². The molecule has 46 heavy (non-hydrogen) atoms. The molecule has 2 N–H and O–H groups in total. The van der Waals surface area contributed by atoms with Crippen molar-refractivity contribution < 1.29 is 24.2 Å². The van der Waals surface area contributed by atoms with Crippen LogP contribution in [0.3, 0.4) is 0 Å². The zero-order chi connectivity index (χ0) is 33.4. The highest BCUT2D eigenvalue weighted by Gasteiger charge is 2.27. The summed E-state index contributed by atoms with van der Waals surface area (Å²) in [6.45, 7) is 5.86. The molecule has 0 aliphatic rings. The van der Waals surface area contributed by atoms with Crippen molar-refractivity contribution in [2.75, 3.05) is 14.2 Å². The van der Waals surface area contributed by atoms with E-state index in [0.717, 1.165) is 34.2 Å². The predicted octanol–water partition coefficient (Wildman–Crippen LogP) is 7.46. The van der Waals surface area contributed by atoms with Gasteiger partial charge in [0.15, 0.2) is 0 Å². The maximum atomic E-state index is 14.0. The summed E-state index contributed by atoms with van der Waals surface area (Å²) in [5.74, 6) is -0.207. The second-order valence-electron chi connectivity index (χ2n) is 11.4. The number of ether oxygens (including phenoxy) is 2. The molecule has 0 saturated carbocycles. The Kier molecular flexibility index (Phi) is 11.7. The van der Waals surface area contributed by atoms with Crippen LogP contribution >= 0.6 is 11.6 Å². The minimum Gasteiger partial charge on any atom is -0.496 e. The van der Waals surface area contributed by atoms with E-state index in [2.05, 4.69) is 5.32 Å². The van der Waals surface area contributed by atoms with Crippen LogP contribution in [0.25, 0.3) is 11.1 Å². The lowest BCUT2D eigenvalue weighted by molar-refractivity contribution is -0.138. The number of hydrogen-bond donors (Lipinski definition) is 2. The molecule has 4 rings (SSSR count). The topological polar surface area (TPSA) is 107 Å². The van der Waals surface area contributed by atoms with Gasteiger partial charge in [-0.25, -0.2) is 0 Å². The smallest absolute Gasteiger partial charge is 0.305 e. The molecular weight excluding hydrogens is 604 g/mol. The molecule has 4 aromatic rings. The lowest BCUT2D eigenvalue weighted by Crippen LogP contribution is -2.40. The fourth-order valence-electron chi connectivity index (χ4n) is 5.76. The molecule has 1 aromatic heterocycles. The molecule has 0 aliphatic carbocycles. The lowest BCUT2D eigenvalue weighted by atomic mass is 9.97. The molecule has 0 aliphatic heterocycles. The summed E-state index contributed by atoms with van der Waals surface area (Å²) in [7, 11) is 3.17. The van der Waals surface area contributed by atoms with Crippen molar-refractivity contribution in [3.63, 3.8) is 0 Å². The second-order valence-corrected chi connectivity index (χ2v) is 11.9. The molecule has 0 radical (unpaired) electrons. The van der Waals surface area contributed by atoms with Gasteiger partial charge in [-0.15, -0.1) is 0 Å². The van der Waals surface area contributed by atoms with Crippen LogP contribution in [0.4, 0.5) is 0 Å². The Hall–Kier alpha value is -4.56. The summed E-state index contributed by atoms with van der Waals surface area (Å²) in [5, 5.41) is 13.3. The number of methoxy groups -OCH3 is 2. The fourth-order valence-corrected chi connectivity index (χ4v) is 6.05. The molecule has 1 amide bonds. The summed E-state index contributed by atoms with van der Waals surface area (Å²) in [5.41, 5.74) is 5.13. The SMILES string of the molecule is CCCC[C@@H](C(=O)N[C@@H](CC(=O)O)c1ccc(-c2c(OC)cccc2OC)cc1)n1cc(C)cc(Cc2c(C)cccc2Cl)c1=O. The van der Waals surface area contributed by atoms with Crippen molar-refractivity contribution in [1.82, 2.24) is 9.88 Å². The molecule has 0 fully saturated rings. The number of pyridine rings is 1. The van der Waals surface area contributed by atoms with Crippen LogP contribution in [0.1, 0.15) is 72.5 Å². The van der Waals surface area contributed by atoms with Crippen LogP contribution in [0.15, 0.2) is 77.7 Å². The first-order valence-corrected chi connectivity index (χ1v) is 15.7. The maximum absolute atomic E-state index is 14.0. The van der Waals surface area contributed by atoms with E-state index in [1.54, 1.807) is 38.6 Å². The number of amides is 1. The predicted molar refractivity (Wildman–Crippen MR) is 181 cm³/mol. The highest BCUT2D eigenvalue weighted by atomic mass is 35.5. The van der Waals surface area contributed by atoms with Gasteiger partial charge in [0.2, 0.25) is 5.91 Å². The highest BCUT2D eigenvalue weighted by Crippen LogP contribution is 2.38. The van der Waals surface area contributed by atoms with Crippen molar-refractivity contribution in [3.05, 3.63) is 116 Å². The van der Waals surface area contributed by atoms with E-state index in [9.17, 15) is 19.5 Å². The number of carbonyl (C=O) groups is 2. The summed E-state index contributed by atoms with van der Waals surface area (Å²) < 4.78 is 12.6. The van der Waals surface area contributed by atoms with Crippen molar-refractivity contribution in [2.45, 2.75) is 65.0 Å². The van der Waals surface area contributed by atoms with E-state index in [-0.39, 0.29) is 12.0 Å². The monoisotopic (exact) mass is 644 g/mol. The molecule has 0 saturated heterocycles. The Bertz CT molecular complexity index is 1710. The molecule has 8 nitrogen and oxygen atoms in total. The number of carboxylic acids is 1. The molecule has 1 heterocycles. The van der Waals surface area contributed by atoms with Crippen LogP contribution < -0.4 is 20.3 Å². The Morgan fingerprint density at radius 3 is 2.22 bits per heavy atom. The number of aromatic nitrogens is 1. The summed E-state index contributed by atoms with van der Waals surface area (Å²) in [6.07, 6.45) is 3.65. The largest absolute Gasteiger partial charge is 0.496 e. The minimum absolute atomic E-state index is 0.272. The third-order valence-electron chi connectivity index (χ3n) is 8.17. The molecule has 0 bridgehead atoms. The van der Waals surface area contributed by atoms with Gasteiger partial charge in [-0.3, -0.25) is 14.4 Å². The van der Waals surface area contributed by atoms with Gasteiger partial charge in [0.25, 0.3) is 5.56 Å². The van der Waals surface area contributed by atoms with E-state index in [4.69, 9.17) is 21.1 Å². The number of rotatable bonds is 14. The van der Waals surface area contributed by atoms with Crippen molar-refractivity contribution >= 4 is 23.5 Å². The normalized spacial score (nSPS) is 12.3. The van der Waals surface area contributed by atoms with E-state index >= 15 is 0 Å². The maximum Gasteiger partial charge on any atom is 0.305 e. The number of aryl methyl sites for hydroxylation is 2. The van der Waals surface area contributed by atoms with Crippen LogP contribution in [0.5, 0.6) is 11.5 Å². The van der Waals surface area contributed by atoms with Gasteiger partial charge in [-0.05, 0) is 72.4 Å². The first-order valence-electron chi connectivity index (χ1n) is 15.4.